The van der Waals surface area contributed by atoms with Crippen LogP contribution in [-0.2, 0) is 16.1 Å². The van der Waals surface area contributed by atoms with Crippen LogP contribution in [-0.4, -0.2) is 24.8 Å². The minimum atomic E-state index is -0.421. The zero-order valence-electron chi connectivity index (χ0n) is 12.9. The molecule has 23 heavy (non-hydrogen) atoms. The average molecular weight is 335 g/mol. The molecule has 0 aromatic heterocycles. The van der Waals surface area contributed by atoms with Crippen LogP contribution in [0.15, 0.2) is 53.8 Å². The van der Waals surface area contributed by atoms with Gasteiger partial charge in [-0.15, -0.1) is 0 Å². The van der Waals surface area contributed by atoms with Gasteiger partial charge in [-0.3, -0.25) is 0 Å². The number of allylic oxidation sites excluding steroid dienone is 4. The van der Waals surface area contributed by atoms with Gasteiger partial charge in [0, 0.05) is 17.2 Å². The number of hydrogen-bond acceptors (Lipinski definition) is 4. The largest absolute Gasteiger partial charge is 0.489 e. The smallest absolute Gasteiger partial charge is 0.338 e. The number of aliphatic hydroxyl groups is 1. The van der Waals surface area contributed by atoms with E-state index < -0.39 is 5.97 Å². The van der Waals surface area contributed by atoms with Gasteiger partial charge in [-0.1, -0.05) is 29.3 Å². The molecule has 0 radical (unpaired) electrons. The predicted octanol–water partition coefficient (Wildman–Crippen LogP) is 3.80. The summed E-state index contributed by atoms with van der Waals surface area (Å²) in [6.07, 6.45) is 9.10. The van der Waals surface area contributed by atoms with Crippen LogP contribution in [0.2, 0.25) is 5.02 Å². The number of esters is 1. The van der Waals surface area contributed by atoms with Crippen molar-refractivity contribution in [1.82, 2.24) is 0 Å². The fourth-order valence-electron chi connectivity index (χ4n) is 2.23. The maximum absolute atomic E-state index is 11.8. The maximum atomic E-state index is 11.8. The lowest BCUT2D eigenvalue weighted by atomic mass is 10.1. The van der Waals surface area contributed by atoms with Crippen molar-refractivity contribution < 1.29 is 19.4 Å². The van der Waals surface area contributed by atoms with Gasteiger partial charge in [0.1, 0.15) is 12.4 Å². The molecule has 0 atom stereocenters. The third kappa shape index (κ3) is 4.98. The fourth-order valence-corrected chi connectivity index (χ4v) is 2.42. The minimum absolute atomic E-state index is 0.134. The fraction of sp³-hybridized carbons (Fsp3) is 0.278. The van der Waals surface area contributed by atoms with Crippen LogP contribution < -0.4 is 0 Å². The van der Waals surface area contributed by atoms with Crippen molar-refractivity contribution >= 4 is 17.6 Å². The highest BCUT2D eigenvalue weighted by Gasteiger charge is 2.13. The molecule has 0 amide bonds. The molecule has 0 saturated heterocycles. The Morgan fingerprint density at radius 2 is 2.17 bits per heavy atom. The summed E-state index contributed by atoms with van der Waals surface area (Å²) >= 11 is 6.00. The quantitative estimate of drug-likeness (QED) is 0.804. The van der Waals surface area contributed by atoms with Crippen molar-refractivity contribution in [3.63, 3.8) is 0 Å². The third-order valence-electron chi connectivity index (χ3n) is 3.45. The van der Waals surface area contributed by atoms with Crippen LogP contribution in [0, 0.1) is 0 Å². The van der Waals surface area contributed by atoms with Crippen molar-refractivity contribution in [1.29, 1.82) is 0 Å². The molecule has 0 spiro atoms. The number of methoxy groups -OCH3 is 1. The molecule has 0 fully saturated rings. The summed E-state index contributed by atoms with van der Waals surface area (Å²) in [5.41, 5.74) is 2.24. The molecule has 0 unspecified atom stereocenters. The summed E-state index contributed by atoms with van der Waals surface area (Å²) in [7, 11) is 1.34. The van der Waals surface area contributed by atoms with E-state index >= 15 is 0 Å². The topological polar surface area (TPSA) is 55.8 Å². The van der Waals surface area contributed by atoms with E-state index in [1.165, 1.54) is 7.11 Å². The lowest BCUT2D eigenvalue weighted by Crippen LogP contribution is -2.06. The van der Waals surface area contributed by atoms with E-state index in [9.17, 15) is 4.79 Å². The van der Waals surface area contributed by atoms with Crippen LogP contribution in [0.25, 0.3) is 0 Å². The Hall–Kier alpha value is -2.04. The number of halogens is 1. The molecule has 1 aliphatic rings. The normalized spacial score (nSPS) is 13.9. The molecular weight excluding hydrogens is 316 g/mol. The Morgan fingerprint density at radius 1 is 1.35 bits per heavy atom. The van der Waals surface area contributed by atoms with E-state index in [4.69, 9.17) is 26.2 Å². The van der Waals surface area contributed by atoms with Gasteiger partial charge in [-0.25, -0.2) is 4.79 Å². The van der Waals surface area contributed by atoms with E-state index in [1.807, 2.05) is 24.3 Å². The standard InChI is InChI=1S/C18H19ClO4/c1-22-18(21)17-8-6-15(19)11-14(17)12-23-16-4-2-3-13(5-7-16)9-10-20/h2,4-8,11,20H,3,9-10,12H2,1H3. The molecule has 122 valence electrons. The first kappa shape index (κ1) is 17.3. The highest BCUT2D eigenvalue weighted by atomic mass is 35.5. The molecule has 1 N–H and O–H groups in total. The van der Waals surface area contributed by atoms with Gasteiger partial charge in [-0.2, -0.15) is 0 Å². The van der Waals surface area contributed by atoms with Gasteiger partial charge in [-0.05, 0) is 43.2 Å². The number of rotatable bonds is 6. The molecule has 4 nitrogen and oxygen atoms in total. The second-order valence-electron chi connectivity index (χ2n) is 5.06. The number of hydrogen-bond donors (Lipinski definition) is 1. The second kappa shape index (κ2) is 8.56. The van der Waals surface area contributed by atoms with E-state index in [0.29, 0.717) is 28.3 Å². The highest BCUT2D eigenvalue weighted by molar-refractivity contribution is 6.30. The number of aliphatic hydroxyl groups excluding tert-OH is 1. The number of carbonyl (C=O) groups excluding carboxylic acids is 1. The third-order valence-corrected chi connectivity index (χ3v) is 3.68. The van der Waals surface area contributed by atoms with E-state index in [1.54, 1.807) is 18.2 Å². The Labute approximate surface area is 140 Å². The molecule has 0 saturated carbocycles. The Balaban J connectivity index is 2.11. The van der Waals surface area contributed by atoms with E-state index in [-0.39, 0.29) is 13.2 Å². The van der Waals surface area contributed by atoms with Crippen molar-refractivity contribution in [2.75, 3.05) is 13.7 Å². The molecule has 1 aromatic carbocycles. The summed E-state index contributed by atoms with van der Waals surface area (Å²) in [5.74, 6) is 0.268. The van der Waals surface area contributed by atoms with Gasteiger partial charge < -0.3 is 14.6 Å². The summed E-state index contributed by atoms with van der Waals surface area (Å²) < 4.78 is 10.5. The number of carbonyl (C=O) groups is 1. The number of ether oxygens (including phenoxy) is 2. The van der Waals surface area contributed by atoms with Gasteiger partial charge >= 0.3 is 5.97 Å². The van der Waals surface area contributed by atoms with Crippen molar-refractivity contribution in [2.24, 2.45) is 0 Å². The monoisotopic (exact) mass is 334 g/mol. The van der Waals surface area contributed by atoms with E-state index in [0.717, 1.165) is 12.0 Å². The van der Waals surface area contributed by atoms with Crippen molar-refractivity contribution in [3.05, 3.63) is 70.0 Å². The molecule has 1 aromatic rings. The molecule has 5 heteroatoms. The zero-order chi connectivity index (χ0) is 16.7. The summed E-state index contributed by atoms with van der Waals surface area (Å²) in [6, 6.07) is 4.97. The Bertz CT molecular complexity index is 659. The maximum Gasteiger partial charge on any atom is 0.338 e. The zero-order valence-corrected chi connectivity index (χ0v) is 13.7. The van der Waals surface area contributed by atoms with Gasteiger partial charge in [0.2, 0.25) is 0 Å². The Morgan fingerprint density at radius 3 is 2.91 bits per heavy atom. The molecule has 2 rings (SSSR count). The first-order valence-electron chi connectivity index (χ1n) is 7.30. The predicted molar refractivity (Wildman–Crippen MR) is 89.2 cm³/mol. The van der Waals surface area contributed by atoms with Crippen LogP contribution in [0.3, 0.4) is 0 Å². The summed E-state index contributed by atoms with van der Waals surface area (Å²) in [5, 5.41) is 9.52. The number of benzene rings is 1. The van der Waals surface area contributed by atoms with Crippen LogP contribution in [0.4, 0.5) is 0 Å². The van der Waals surface area contributed by atoms with Crippen LogP contribution >= 0.6 is 11.6 Å². The highest BCUT2D eigenvalue weighted by Crippen LogP contribution is 2.21. The second-order valence-corrected chi connectivity index (χ2v) is 5.49. The first-order chi connectivity index (χ1) is 11.1. The van der Waals surface area contributed by atoms with Gasteiger partial charge in [0.05, 0.1) is 12.7 Å². The SMILES string of the molecule is COC(=O)c1ccc(Cl)cc1COC1=CC=C(CCO)CC=C1. The van der Waals surface area contributed by atoms with Crippen LogP contribution in [0.1, 0.15) is 28.8 Å². The molecular formula is C18H19ClO4. The van der Waals surface area contributed by atoms with Crippen LogP contribution in [0.5, 0.6) is 0 Å². The average Bonchev–Trinajstić information content (AvgIpc) is 2.78. The summed E-state index contributed by atoms with van der Waals surface area (Å²) in [4.78, 5) is 11.8. The van der Waals surface area contributed by atoms with Gasteiger partial charge in [0.15, 0.2) is 0 Å². The first-order valence-corrected chi connectivity index (χ1v) is 7.68. The molecule has 0 heterocycles. The van der Waals surface area contributed by atoms with Crippen molar-refractivity contribution in [2.45, 2.75) is 19.4 Å². The lowest BCUT2D eigenvalue weighted by Gasteiger charge is -2.10. The van der Waals surface area contributed by atoms with Crippen molar-refractivity contribution in [3.8, 4) is 0 Å². The molecule has 0 aliphatic heterocycles. The molecule has 1 aliphatic carbocycles. The van der Waals surface area contributed by atoms with E-state index in [2.05, 4.69) is 0 Å². The van der Waals surface area contributed by atoms with Gasteiger partial charge in [0.25, 0.3) is 0 Å². The molecule has 0 bridgehead atoms. The summed E-state index contributed by atoms with van der Waals surface area (Å²) in [6.45, 7) is 0.346. The Kier molecular flexibility index (Phi) is 6.44. The lowest BCUT2D eigenvalue weighted by molar-refractivity contribution is 0.0596. The minimum Gasteiger partial charge on any atom is -0.489 e.